The van der Waals surface area contributed by atoms with E-state index in [1.165, 1.54) is 5.56 Å². The summed E-state index contributed by atoms with van der Waals surface area (Å²) in [5.41, 5.74) is 4.06. The number of nitrogens with zero attached hydrogens (tertiary/aromatic N) is 1. The second-order valence-corrected chi connectivity index (χ2v) is 4.39. The average molecular weight is 228 g/mol. The maximum atomic E-state index is 5.82. The second kappa shape index (κ2) is 6.08. The first-order valence-electron chi connectivity index (χ1n) is 4.97. The van der Waals surface area contributed by atoms with Crippen LogP contribution in [0.25, 0.3) is 0 Å². The van der Waals surface area contributed by atoms with Gasteiger partial charge in [-0.2, -0.15) is 0 Å². The summed E-state index contributed by atoms with van der Waals surface area (Å²) < 4.78 is 0. The molecule has 0 aliphatic carbocycles. The summed E-state index contributed by atoms with van der Waals surface area (Å²) in [4.78, 5) is 2.11. The van der Waals surface area contributed by atoms with Gasteiger partial charge in [-0.1, -0.05) is 23.7 Å². The SMILES string of the molecule is CN(C)CC(Cc1ccc(Cl)cc1)NN. The van der Waals surface area contributed by atoms with E-state index in [0.717, 1.165) is 18.0 Å². The summed E-state index contributed by atoms with van der Waals surface area (Å²) in [6, 6.07) is 8.13. The van der Waals surface area contributed by atoms with E-state index in [1.54, 1.807) is 0 Å². The standard InChI is InChI=1S/C11H18ClN3/c1-15(2)8-11(14-13)7-9-3-5-10(12)6-4-9/h3-6,11,14H,7-8,13H2,1-2H3. The molecule has 4 heteroatoms. The molecule has 1 aromatic carbocycles. The highest BCUT2D eigenvalue weighted by molar-refractivity contribution is 6.30. The molecule has 0 saturated heterocycles. The van der Waals surface area contributed by atoms with E-state index in [9.17, 15) is 0 Å². The topological polar surface area (TPSA) is 41.3 Å². The molecule has 0 aromatic heterocycles. The summed E-state index contributed by atoms with van der Waals surface area (Å²) in [5, 5.41) is 0.767. The van der Waals surface area contributed by atoms with E-state index >= 15 is 0 Å². The number of nitrogens with one attached hydrogen (secondary N) is 1. The lowest BCUT2D eigenvalue weighted by Crippen LogP contribution is -2.43. The Labute approximate surface area is 96.2 Å². The largest absolute Gasteiger partial charge is 0.308 e. The van der Waals surface area contributed by atoms with Gasteiger partial charge in [-0.25, -0.2) is 0 Å². The van der Waals surface area contributed by atoms with Crippen LogP contribution in [0.4, 0.5) is 0 Å². The Bertz CT molecular complexity index is 284. The highest BCUT2D eigenvalue weighted by Gasteiger charge is 2.08. The van der Waals surface area contributed by atoms with Crippen LogP contribution in [-0.2, 0) is 6.42 Å². The quantitative estimate of drug-likeness (QED) is 0.588. The monoisotopic (exact) mass is 227 g/mol. The highest BCUT2D eigenvalue weighted by Crippen LogP contribution is 2.11. The van der Waals surface area contributed by atoms with Gasteiger partial charge < -0.3 is 4.90 Å². The van der Waals surface area contributed by atoms with Crippen molar-refractivity contribution in [2.75, 3.05) is 20.6 Å². The van der Waals surface area contributed by atoms with Crippen LogP contribution in [-0.4, -0.2) is 31.6 Å². The number of hydrogen-bond acceptors (Lipinski definition) is 3. The third-order valence-corrected chi connectivity index (χ3v) is 2.47. The van der Waals surface area contributed by atoms with E-state index in [-0.39, 0.29) is 6.04 Å². The molecule has 0 aliphatic rings. The van der Waals surface area contributed by atoms with Crippen molar-refractivity contribution in [1.29, 1.82) is 0 Å². The summed E-state index contributed by atoms with van der Waals surface area (Å²) in [7, 11) is 4.07. The Kier molecular flexibility index (Phi) is 5.05. The minimum atomic E-state index is 0.265. The van der Waals surface area contributed by atoms with Crippen molar-refractivity contribution in [1.82, 2.24) is 10.3 Å². The van der Waals surface area contributed by atoms with Crippen molar-refractivity contribution in [3.05, 3.63) is 34.9 Å². The van der Waals surface area contributed by atoms with Crippen molar-refractivity contribution in [3.8, 4) is 0 Å². The third-order valence-electron chi connectivity index (χ3n) is 2.22. The normalized spacial score (nSPS) is 13.1. The van der Waals surface area contributed by atoms with Crippen LogP contribution in [0.2, 0.25) is 5.02 Å². The predicted molar refractivity (Wildman–Crippen MR) is 64.8 cm³/mol. The van der Waals surface area contributed by atoms with Gasteiger partial charge in [0.1, 0.15) is 0 Å². The predicted octanol–water partition coefficient (Wildman–Crippen LogP) is 1.28. The fourth-order valence-electron chi connectivity index (χ4n) is 1.52. The molecular formula is C11H18ClN3. The fraction of sp³-hybridized carbons (Fsp3) is 0.455. The number of hydrazine groups is 1. The Hall–Kier alpha value is -0.610. The lowest BCUT2D eigenvalue weighted by Gasteiger charge is -2.20. The minimum absolute atomic E-state index is 0.265. The molecule has 1 atom stereocenters. The highest BCUT2D eigenvalue weighted by atomic mass is 35.5. The van der Waals surface area contributed by atoms with Crippen LogP contribution in [0.3, 0.4) is 0 Å². The van der Waals surface area contributed by atoms with Crippen LogP contribution in [0.1, 0.15) is 5.56 Å². The Morgan fingerprint density at radius 3 is 2.40 bits per heavy atom. The molecule has 0 spiro atoms. The average Bonchev–Trinajstić information content (AvgIpc) is 2.19. The number of halogens is 1. The van der Waals surface area contributed by atoms with E-state index in [0.29, 0.717) is 0 Å². The molecule has 1 unspecified atom stereocenters. The number of benzene rings is 1. The van der Waals surface area contributed by atoms with Gasteiger partial charge >= 0.3 is 0 Å². The van der Waals surface area contributed by atoms with Gasteiger partial charge in [0.25, 0.3) is 0 Å². The maximum absolute atomic E-state index is 5.82. The summed E-state index contributed by atoms with van der Waals surface area (Å²) in [5.74, 6) is 5.50. The van der Waals surface area contributed by atoms with Gasteiger partial charge in [-0.05, 0) is 38.2 Å². The second-order valence-electron chi connectivity index (χ2n) is 3.96. The molecule has 0 bridgehead atoms. The molecule has 15 heavy (non-hydrogen) atoms. The van der Waals surface area contributed by atoms with Gasteiger partial charge in [-0.15, -0.1) is 0 Å². The van der Waals surface area contributed by atoms with Crippen LogP contribution < -0.4 is 11.3 Å². The smallest absolute Gasteiger partial charge is 0.0406 e. The molecule has 0 heterocycles. The molecule has 1 rings (SSSR count). The maximum Gasteiger partial charge on any atom is 0.0406 e. The molecular weight excluding hydrogens is 210 g/mol. The van der Waals surface area contributed by atoms with Gasteiger partial charge in [0, 0.05) is 17.6 Å². The lowest BCUT2D eigenvalue weighted by atomic mass is 10.1. The molecule has 1 aromatic rings. The molecule has 3 N–H and O–H groups in total. The molecule has 0 aliphatic heterocycles. The first kappa shape index (κ1) is 12.5. The van der Waals surface area contributed by atoms with Crippen LogP contribution >= 0.6 is 11.6 Å². The Balaban J connectivity index is 2.54. The van der Waals surface area contributed by atoms with Crippen LogP contribution in [0, 0.1) is 0 Å². The molecule has 0 saturated carbocycles. The van der Waals surface area contributed by atoms with Gasteiger partial charge in [-0.3, -0.25) is 11.3 Å². The zero-order chi connectivity index (χ0) is 11.3. The fourth-order valence-corrected chi connectivity index (χ4v) is 1.65. The molecule has 0 radical (unpaired) electrons. The first-order valence-corrected chi connectivity index (χ1v) is 5.35. The minimum Gasteiger partial charge on any atom is -0.308 e. The number of hydrogen-bond donors (Lipinski definition) is 2. The Morgan fingerprint density at radius 1 is 1.33 bits per heavy atom. The molecule has 0 fully saturated rings. The zero-order valence-corrected chi connectivity index (χ0v) is 9.96. The molecule has 0 amide bonds. The van der Waals surface area contributed by atoms with Gasteiger partial charge in [0.15, 0.2) is 0 Å². The third kappa shape index (κ3) is 4.62. The van der Waals surface area contributed by atoms with E-state index in [4.69, 9.17) is 17.4 Å². The summed E-state index contributed by atoms with van der Waals surface area (Å²) >= 11 is 5.82. The number of rotatable bonds is 5. The van der Waals surface area contributed by atoms with Crippen molar-refractivity contribution in [2.24, 2.45) is 5.84 Å². The zero-order valence-electron chi connectivity index (χ0n) is 9.20. The van der Waals surface area contributed by atoms with E-state index in [1.807, 2.05) is 38.4 Å². The first-order chi connectivity index (χ1) is 7.11. The van der Waals surface area contributed by atoms with Crippen molar-refractivity contribution < 1.29 is 0 Å². The van der Waals surface area contributed by atoms with E-state index in [2.05, 4.69) is 10.3 Å². The molecule has 3 nitrogen and oxygen atoms in total. The number of nitrogens with two attached hydrogens (primary N) is 1. The van der Waals surface area contributed by atoms with Gasteiger partial charge in [0.05, 0.1) is 0 Å². The van der Waals surface area contributed by atoms with Crippen LogP contribution in [0.15, 0.2) is 24.3 Å². The van der Waals surface area contributed by atoms with E-state index < -0.39 is 0 Å². The van der Waals surface area contributed by atoms with Crippen LogP contribution in [0.5, 0.6) is 0 Å². The van der Waals surface area contributed by atoms with Crippen molar-refractivity contribution in [3.63, 3.8) is 0 Å². The van der Waals surface area contributed by atoms with Crippen molar-refractivity contribution >= 4 is 11.6 Å². The summed E-state index contributed by atoms with van der Waals surface area (Å²) in [6.45, 7) is 0.916. The van der Waals surface area contributed by atoms with Crippen molar-refractivity contribution in [2.45, 2.75) is 12.5 Å². The Morgan fingerprint density at radius 2 is 1.93 bits per heavy atom. The lowest BCUT2D eigenvalue weighted by molar-refractivity contribution is 0.338. The number of likely N-dealkylation sites (N-methyl/N-ethyl adjacent to an activating group) is 1. The summed E-state index contributed by atoms with van der Waals surface area (Å²) in [6.07, 6.45) is 0.909. The molecule has 84 valence electrons. The van der Waals surface area contributed by atoms with Gasteiger partial charge in [0.2, 0.25) is 0 Å².